The Morgan fingerprint density at radius 3 is 2.47 bits per heavy atom. The van der Waals surface area contributed by atoms with E-state index in [0.717, 1.165) is 19.3 Å². The number of carbonyl (C=O) groups excluding carboxylic acids is 2. The second-order valence-electron chi connectivity index (χ2n) is 7.41. The van der Waals surface area contributed by atoms with Crippen LogP contribution in [0, 0.1) is 0 Å². The number of nitrogens with one attached hydrogen (secondary N) is 1. The minimum absolute atomic E-state index is 0.0365. The lowest BCUT2D eigenvalue weighted by Crippen LogP contribution is -2.28. The van der Waals surface area contributed by atoms with Gasteiger partial charge < -0.3 is 10.2 Å². The highest BCUT2D eigenvalue weighted by Gasteiger charge is 2.28. The topological polar surface area (TPSA) is 86.8 Å². The molecule has 7 nitrogen and oxygen atoms in total. The highest BCUT2D eigenvalue weighted by molar-refractivity contribution is 7.89. The maximum absolute atomic E-state index is 12.8. The van der Waals surface area contributed by atoms with Crippen molar-refractivity contribution in [3.63, 3.8) is 0 Å². The first-order chi connectivity index (χ1) is 14.4. The summed E-state index contributed by atoms with van der Waals surface area (Å²) in [6.45, 7) is 1.62. The number of anilines is 2. The fourth-order valence-corrected chi connectivity index (χ4v) is 5.50. The van der Waals surface area contributed by atoms with E-state index in [1.54, 1.807) is 35.2 Å². The molecule has 9 heteroatoms. The molecule has 2 aliphatic rings. The number of carbonyl (C=O) groups is 2. The first-order valence-electron chi connectivity index (χ1n) is 9.88. The molecule has 4 rings (SSSR count). The van der Waals surface area contributed by atoms with E-state index < -0.39 is 15.9 Å². The summed E-state index contributed by atoms with van der Waals surface area (Å²) in [6, 6.07) is 11.0. The first kappa shape index (κ1) is 20.8. The molecule has 158 valence electrons. The third-order valence-electron chi connectivity index (χ3n) is 5.38. The fraction of sp³-hybridized carbons (Fsp3) is 0.333. The molecule has 1 N–H and O–H groups in total. The molecule has 0 saturated carbocycles. The lowest BCUT2D eigenvalue weighted by molar-refractivity contribution is -0.117. The Hall–Kier alpha value is -2.42. The summed E-state index contributed by atoms with van der Waals surface area (Å²) in [6.07, 6.45) is 2.98. The van der Waals surface area contributed by atoms with Crippen LogP contribution in [0.5, 0.6) is 0 Å². The predicted octanol–water partition coefficient (Wildman–Crippen LogP) is 3.50. The number of rotatable bonds is 5. The zero-order valence-electron chi connectivity index (χ0n) is 16.3. The minimum Gasteiger partial charge on any atom is -0.321 e. The van der Waals surface area contributed by atoms with Crippen LogP contribution in [-0.4, -0.2) is 44.2 Å². The lowest BCUT2D eigenvalue weighted by Gasteiger charge is -2.18. The van der Waals surface area contributed by atoms with Gasteiger partial charge in [0.1, 0.15) is 0 Å². The normalized spacial score (nSPS) is 17.5. The van der Waals surface area contributed by atoms with E-state index in [0.29, 0.717) is 42.5 Å². The van der Waals surface area contributed by atoms with E-state index in [4.69, 9.17) is 11.6 Å². The summed E-state index contributed by atoms with van der Waals surface area (Å²) in [4.78, 5) is 26.6. The van der Waals surface area contributed by atoms with Gasteiger partial charge in [0.05, 0.1) is 15.6 Å². The van der Waals surface area contributed by atoms with Crippen LogP contribution in [0.4, 0.5) is 11.4 Å². The smallest absolute Gasteiger partial charge is 0.255 e. The SMILES string of the molecule is O=C(Nc1cc(N2CCCC2=O)ccc1Cl)c1cccc(S(=O)(=O)N2CCCC2)c1. The van der Waals surface area contributed by atoms with E-state index >= 15 is 0 Å². The molecule has 2 saturated heterocycles. The molecule has 0 radical (unpaired) electrons. The second-order valence-corrected chi connectivity index (χ2v) is 9.75. The summed E-state index contributed by atoms with van der Waals surface area (Å²) in [7, 11) is -3.62. The van der Waals surface area contributed by atoms with Crippen LogP contribution in [0.2, 0.25) is 5.02 Å². The molecule has 0 aliphatic carbocycles. The Morgan fingerprint density at radius 1 is 1.00 bits per heavy atom. The Bertz CT molecular complexity index is 1100. The van der Waals surface area contributed by atoms with Gasteiger partial charge in [-0.1, -0.05) is 17.7 Å². The molecule has 0 spiro atoms. The zero-order chi connectivity index (χ0) is 21.3. The summed E-state index contributed by atoms with van der Waals surface area (Å²) in [5, 5.41) is 3.07. The number of hydrogen-bond donors (Lipinski definition) is 1. The summed E-state index contributed by atoms with van der Waals surface area (Å²) in [5.74, 6) is -0.435. The van der Waals surface area contributed by atoms with Crippen molar-refractivity contribution in [2.75, 3.05) is 29.9 Å². The van der Waals surface area contributed by atoms with Crippen molar-refractivity contribution >= 4 is 44.8 Å². The van der Waals surface area contributed by atoms with Crippen molar-refractivity contribution in [1.29, 1.82) is 0 Å². The lowest BCUT2D eigenvalue weighted by atomic mass is 10.2. The molecule has 2 amide bonds. The fourth-order valence-electron chi connectivity index (χ4n) is 3.77. The standard InChI is InChI=1S/C21H22ClN3O4S/c22-18-9-8-16(25-12-4-7-20(25)26)14-19(18)23-21(27)15-5-3-6-17(13-15)30(28,29)24-10-1-2-11-24/h3,5-6,8-9,13-14H,1-2,4,7,10-12H2,(H,23,27). The predicted molar refractivity (Wildman–Crippen MR) is 115 cm³/mol. The number of halogens is 1. The highest BCUT2D eigenvalue weighted by atomic mass is 35.5. The molecule has 2 heterocycles. The van der Waals surface area contributed by atoms with Crippen molar-refractivity contribution in [1.82, 2.24) is 4.31 Å². The maximum atomic E-state index is 12.8. The summed E-state index contributed by atoms with van der Waals surface area (Å²) in [5.41, 5.74) is 1.25. The van der Waals surface area contributed by atoms with Crippen molar-refractivity contribution in [2.45, 2.75) is 30.6 Å². The highest BCUT2D eigenvalue weighted by Crippen LogP contribution is 2.30. The third kappa shape index (κ3) is 4.08. The number of sulfonamides is 1. The molecule has 0 bridgehead atoms. The van der Waals surface area contributed by atoms with Crippen molar-refractivity contribution in [2.24, 2.45) is 0 Å². The molecule has 0 atom stereocenters. The average molecular weight is 448 g/mol. The number of nitrogens with zero attached hydrogens (tertiary/aromatic N) is 2. The van der Waals surface area contributed by atoms with E-state index in [1.165, 1.54) is 16.4 Å². The van der Waals surface area contributed by atoms with Gasteiger partial charge in [0.25, 0.3) is 5.91 Å². The number of benzene rings is 2. The van der Waals surface area contributed by atoms with Gasteiger partial charge in [-0.3, -0.25) is 9.59 Å². The molecule has 30 heavy (non-hydrogen) atoms. The maximum Gasteiger partial charge on any atom is 0.255 e. The van der Waals surface area contributed by atoms with Crippen molar-refractivity contribution in [3.8, 4) is 0 Å². The monoisotopic (exact) mass is 447 g/mol. The van der Waals surface area contributed by atoms with Gasteiger partial charge in [0, 0.05) is 37.3 Å². The van der Waals surface area contributed by atoms with Crippen LogP contribution in [-0.2, 0) is 14.8 Å². The minimum atomic E-state index is -3.62. The Kier molecular flexibility index (Phi) is 5.81. The van der Waals surface area contributed by atoms with Crippen molar-refractivity contribution < 1.29 is 18.0 Å². The van der Waals surface area contributed by atoms with Gasteiger partial charge in [0.2, 0.25) is 15.9 Å². The molecule has 2 fully saturated rings. The van der Waals surface area contributed by atoms with E-state index in [9.17, 15) is 18.0 Å². The zero-order valence-corrected chi connectivity index (χ0v) is 17.9. The van der Waals surface area contributed by atoms with Gasteiger partial charge in [-0.05, 0) is 55.7 Å². The van der Waals surface area contributed by atoms with Crippen LogP contribution in [0.25, 0.3) is 0 Å². The van der Waals surface area contributed by atoms with Gasteiger partial charge in [0.15, 0.2) is 0 Å². The van der Waals surface area contributed by atoms with Gasteiger partial charge in [-0.15, -0.1) is 0 Å². The van der Waals surface area contributed by atoms with Crippen LogP contribution in [0.15, 0.2) is 47.4 Å². The van der Waals surface area contributed by atoms with Crippen LogP contribution < -0.4 is 10.2 Å². The van der Waals surface area contributed by atoms with Crippen molar-refractivity contribution in [3.05, 3.63) is 53.1 Å². The molecular formula is C21H22ClN3O4S. The quantitative estimate of drug-likeness (QED) is 0.759. The average Bonchev–Trinajstić information content (AvgIpc) is 3.42. The van der Waals surface area contributed by atoms with Crippen LogP contribution in [0.3, 0.4) is 0 Å². The van der Waals surface area contributed by atoms with Crippen LogP contribution >= 0.6 is 11.6 Å². The first-order valence-corrected chi connectivity index (χ1v) is 11.7. The number of amides is 2. The molecule has 2 aliphatic heterocycles. The van der Waals surface area contributed by atoms with E-state index in [2.05, 4.69) is 5.32 Å². The summed E-state index contributed by atoms with van der Waals surface area (Å²) < 4.78 is 27.0. The molecular weight excluding hydrogens is 426 g/mol. The van der Waals surface area contributed by atoms with Gasteiger partial charge in [-0.25, -0.2) is 8.42 Å². The Morgan fingerprint density at radius 2 is 1.77 bits per heavy atom. The van der Waals surface area contributed by atoms with Crippen LogP contribution in [0.1, 0.15) is 36.0 Å². The third-order valence-corrected chi connectivity index (χ3v) is 7.61. The summed E-state index contributed by atoms with van der Waals surface area (Å²) >= 11 is 6.24. The van der Waals surface area contributed by atoms with E-state index in [1.807, 2.05) is 0 Å². The molecule has 0 aromatic heterocycles. The Labute approximate surface area is 180 Å². The molecule has 2 aromatic carbocycles. The largest absolute Gasteiger partial charge is 0.321 e. The van der Waals surface area contributed by atoms with E-state index in [-0.39, 0.29) is 16.4 Å². The molecule has 2 aromatic rings. The van der Waals surface area contributed by atoms with Gasteiger partial charge in [-0.2, -0.15) is 4.31 Å². The Balaban J connectivity index is 1.57. The number of hydrogen-bond acceptors (Lipinski definition) is 4. The second kappa shape index (κ2) is 8.37. The molecule has 0 unspecified atom stereocenters. The van der Waals surface area contributed by atoms with Gasteiger partial charge >= 0.3 is 0 Å².